The van der Waals surface area contributed by atoms with Gasteiger partial charge >= 0.3 is 11.8 Å². The molecule has 0 bridgehead atoms. The van der Waals surface area contributed by atoms with E-state index in [9.17, 15) is 14.7 Å². The third-order valence-corrected chi connectivity index (χ3v) is 4.11. The second-order valence-corrected chi connectivity index (χ2v) is 6.33. The van der Waals surface area contributed by atoms with Gasteiger partial charge in [0.2, 0.25) is 0 Å². The van der Waals surface area contributed by atoms with E-state index in [0.717, 1.165) is 0 Å². The fourth-order valence-corrected chi connectivity index (χ4v) is 2.64. The predicted molar refractivity (Wildman–Crippen MR) is 109 cm³/mol. The van der Waals surface area contributed by atoms with Gasteiger partial charge in [0.05, 0.1) is 23.5 Å². The van der Waals surface area contributed by atoms with Gasteiger partial charge in [0.15, 0.2) is 11.5 Å². The fourth-order valence-electron chi connectivity index (χ4n) is 2.01. The molecular weight excluding hydrogens is 465 g/mol. The van der Waals surface area contributed by atoms with Gasteiger partial charge in [0, 0.05) is 5.69 Å². The first-order valence-electron chi connectivity index (χ1n) is 7.88. The minimum Gasteiger partial charge on any atom is -0.504 e. The molecule has 2 aromatic carbocycles. The van der Waals surface area contributed by atoms with Gasteiger partial charge in [0.25, 0.3) is 0 Å². The van der Waals surface area contributed by atoms with Crippen LogP contribution >= 0.6 is 22.6 Å². The summed E-state index contributed by atoms with van der Waals surface area (Å²) in [4.78, 5) is 23.7. The van der Waals surface area contributed by atoms with Crippen LogP contribution in [0.1, 0.15) is 12.5 Å². The molecule has 142 valence electrons. The van der Waals surface area contributed by atoms with Crippen LogP contribution in [0.5, 0.6) is 17.2 Å². The molecule has 27 heavy (non-hydrogen) atoms. The first-order chi connectivity index (χ1) is 12.9. The van der Waals surface area contributed by atoms with E-state index in [1.54, 1.807) is 43.3 Å². The second kappa shape index (κ2) is 9.76. The summed E-state index contributed by atoms with van der Waals surface area (Å²) in [6.07, 6.45) is 1.35. The van der Waals surface area contributed by atoms with E-state index in [-0.39, 0.29) is 5.75 Å². The molecule has 0 spiro atoms. The topological polar surface area (TPSA) is 109 Å². The zero-order chi connectivity index (χ0) is 19.8. The Labute approximate surface area is 169 Å². The number of hydrazone groups is 1. The van der Waals surface area contributed by atoms with Crippen molar-refractivity contribution in [2.24, 2.45) is 5.10 Å². The highest BCUT2D eigenvalue weighted by Crippen LogP contribution is 2.32. The Morgan fingerprint density at radius 2 is 1.93 bits per heavy atom. The number of hydrogen-bond acceptors (Lipinski definition) is 6. The molecule has 0 radical (unpaired) electrons. The lowest BCUT2D eigenvalue weighted by Gasteiger charge is -2.08. The molecule has 0 aromatic heterocycles. The number of carbonyl (C=O) groups excluding carboxylic acids is 2. The van der Waals surface area contributed by atoms with Crippen molar-refractivity contribution >= 4 is 46.3 Å². The molecular formula is C18H18IN3O5. The molecule has 3 N–H and O–H groups in total. The number of nitrogens with one attached hydrogen (secondary N) is 2. The van der Waals surface area contributed by atoms with Gasteiger partial charge < -0.3 is 19.9 Å². The lowest BCUT2D eigenvalue weighted by atomic mass is 10.2. The van der Waals surface area contributed by atoms with Gasteiger partial charge in [-0.25, -0.2) is 5.43 Å². The van der Waals surface area contributed by atoms with E-state index in [4.69, 9.17) is 9.47 Å². The number of ether oxygens (including phenoxy) is 2. The van der Waals surface area contributed by atoms with Crippen molar-refractivity contribution in [3.05, 3.63) is 45.5 Å². The Balaban J connectivity index is 1.96. The SMILES string of the molecule is CCOc1cc(/C=N\NC(=O)C(=O)Nc2ccc(OC)cc2)cc(I)c1O. The van der Waals surface area contributed by atoms with Gasteiger partial charge in [0.1, 0.15) is 5.75 Å². The molecule has 0 saturated carbocycles. The van der Waals surface area contributed by atoms with Crippen LogP contribution in [0.4, 0.5) is 5.69 Å². The van der Waals surface area contributed by atoms with Crippen LogP contribution in [0.3, 0.4) is 0 Å². The summed E-state index contributed by atoms with van der Waals surface area (Å²) in [6.45, 7) is 2.20. The molecule has 8 nitrogen and oxygen atoms in total. The third-order valence-electron chi connectivity index (χ3n) is 3.28. The number of halogens is 1. The number of anilines is 1. The van der Waals surface area contributed by atoms with Crippen molar-refractivity contribution in [2.45, 2.75) is 6.92 Å². The Morgan fingerprint density at radius 3 is 2.56 bits per heavy atom. The Kier molecular flexibility index (Phi) is 7.41. The first kappa shape index (κ1) is 20.5. The van der Waals surface area contributed by atoms with Gasteiger partial charge in [-0.1, -0.05) is 0 Å². The summed E-state index contributed by atoms with van der Waals surface area (Å²) < 4.78 is 10.9. The summed E-state index contributed by atoms with van der Waals surface area (Å²) in [6, 6.07) is 9.78. The Morgan fingerprint density at radius 1 is 1.22 bits per heavy atom. The van der Waals surface area contributed by atoms with Crippen LogP contribution in [0.25, 0.3) is 0 Å². The average molecular weight is 483 g/mol. The van der Waals surface area contributed by atoms with E-state index in [2.05, 4.69) is 15.8 Å². The molecule has 2 aromatic rings. The number of methoxy groups -OCH3 is 1. The van der Waals surface area contributed by atoms with E-state index in [1.807, 2.05) is 22.6 Å². The average Bonchev–Trinajstić information content (AvgIpc) is 2.66. The molecule has 2 amide bonds. The molecule has 0 fully saturated rings. The highest BCUT2D eigenvalue weighted by molar-refractivity contribution is 14.1. The van der Waals surface area contributed by atoms with Crippen LogP contribution in [0.15, 0.2) is 41.5 Å². The van der Waals surface area contributed by atoms with Crippen LogP contribution in [0, 0.1) is 3.57 Å². The highest BCUT2D eigenvalue weighted by Gasteiger charge is 2.13. The van der Waals surface area contributed by atoms with Crippen molar-refractivity contribution < 1.29 is 24.2 Å². The molecule has 9 heteroatoms. The number of hydrogen-bond donors (Lipinski definition) is 3. The van der Waals surface area contributed by atoms with Gasteiger partial charge in [-0.3, -0.25) is 9.59 Å². The summed E-state index contributed by atoms with van der Waals surface area (Å²) in [5, 5.41) is 16.1. The normalized spacial score (nSPS) is 10.5. The van der Waals surface area contributed by atoms with Crippen molar-refractivity contribution in [3.63, 3.8) is 0 Å². The minimum absolute atomic E-state index is 0.0394. The lowest BCUT2D eigenvalue weighted by Crippen LogP contribution is -2.32. The summed E-state index contributed by atoms with van der Waals surface area (Å²) in [5.74, 6) is -0.780. The standard InChI is InChI=1S/C18H18IN3O5/c1-3-27-15-9-11(8-14(19)16(15)23)10-20-22-18(25)17(24)21-12-4-6-13(26-2)7-5-12/h4-10,23H,3H2,1-2H3,(H,21,24)(H,22,25)/b20-10-. The molecule has 0 unspecified atom stereocenters. The maximum atomic E-state index is 11.9. The van der Waals surface area contributed by atoms with E-state index >= 15 is 0 Å². The van der Waals surface area contributed by atoms with Crippen molar-refractivity contribution in [1.29, 1.82) is 0 Å². The quantitative estimate of drug-likeness (QED) is 0.253. The second-order valence-electron chi connectivity index (χ2n) is 5.16. The highest BCUT2D eigenvalue weighted by atomic mass is 127. The summed E-state index contributed by atoms with van der Waals surface area (Å²) in [7, 11) is 1.53. The van der Waals surface area contributed by atoms with Crippen LogP contribution in [0.2, 0.25) is 0 Å². The number of benzene rings is 2. The molecule has 0 aliphatic carbocycles. The number of carbonyl (C=O) groups is 2. The van der Waals surface area contributed by atoms with Gasteiger partial charge in [-0.2, -0.15) is 5.10 Å². The molecule has 2 rings (SSSR count). The largest absolute Gasteiger partial charge is 0.504 e. The smallest absolute Gasteiger partial charge is 0.329 e. The van der Waals surface area contributed by atoms with Crippen LogP contribution < -0.4 is 20.2 Å². The fraction of sp³-hybridized carbons (Fsp3) is 0.167. The molecule has 0 aliphatic rings. The number of phenols is 1. The van der Waals surface area contributed by atoms with Crippen LogP contribution in [-0.4, -0.2) is 36.9 Å². The van der Waals surface area contributed by atoms with Crippen molar-refractivity contribution in [2.75, 3.05) is 19.0 Å². The maximum Gasteiger partial charge on any atom is 0.329 e. The summed E-state index contributed by atoms with van der Waals surface area (Å²) >= 11 is 1.96. The Bertz CT molecular complexity index is 853. The minimum atomic E-state index is -0.916. The third kappa shape index (κ3) is 5.84. The van der Waals surface area contributed by atoms with Crippen LogP contribution in [-0.2, 0) is 9.59 Å². The number of rotatable bonds is 6. The molecule has 0 atom stereocenters. The number of phenolic OH excluding ortho intramolecular Hbond substituents is 1. The van der Waals surface area contributed by atoms with E-state index in [1.165, 1.54) is 13.3 Å². The van der Waals surface area contributed by atoms with Gasteiger partial charge in [-0.05, 0) is 71.5 Å². The monoisotopic (exact) mass is 483 g/mol. The lowest BCUT2D eigenvalue weighted by molar-refractivity contribution is -0.136. The maximum absolute atomic E-state index is 11.9. The molecule has 0 saturated heterocycles. The van der Waals surface area contributed by atoms with E-state index in [0.29, 0.717) is 32.9 Å². The first-order valence-corrected chi connectivity index (χ1v) is 8.96. The number of amides is 2. The van der Waals surface area contributed by atoms with Crippen molar-refractivity contribution in [1.82, 2.24) is 5.43 Å². The summed E-state index contributed by atoms with van der Waals surface area (Å²) in [5.41, 5.74) is 3.19. The molecule has 0 heterocycles. The van der Waals surface area contributed by atoms with E-state index < -0.39 is 11.8 Å². The Hall–Kier alpha value is -2.82. The number of nitrogens with zero attached hydrogens (tertiary/aromatic N) is 1. The van der Waals surface area contributed by atoms with Crippen molar-refractivity contribution in [3.8, 4) is 17.2 Å². The zero-order valence-corrected chi connectivity index (χ0v) is 16.8. The predicted octanol–water partition coefficient (Wildman–Crippen LogP) is 2.49. The molecule has 0 aliphatic heterocycles. The van der Waals surface area contributed by atoms with Gasteiger partial charge in [-0.15, -0.1) is 0 Å². The number of aromatic hydroxyl groups is 1. The zero-order valence-electron chi connectivity index (χ0n) is 14.7.